The van der Waals surface area contributed by atoms with Crippen molar-refractivity contribution in [3.63, 3.8) is 0 Å². The average molecular weight is 1100 g/mol. The maximum Gasteiger partial charge on any atom is 0.306 e. The molecule has 2 atom stereocenters. The number of unbranched alkanes of at least 4 members (excludes halogenated alkanes) is 25. The minimum absolute atomic E-state index is 0.141. The number of carboxylic acid groups (broad SMARTS) is 1. The molecule has 0 saturated carbocycles. The SMILES string of the molecule is CC/C=C\C/C=C\C/C=C\C/C=C\C/C=C\C/C=C\CCCCCCCCCCCCCCC(=O)OC(COC(=O)CCCCCCCCCC/C=C\C/C=C\C/C=C\CCCCCCC)COC(OCC[N+](C)(C)C)C(=O)[O-]. The van der Waals surface area contributed by atoms with Crippen LogP contribution >= 0.6 is 0 Å². The van der Waals surface area contributed by atoms with Gasteiger partial charge in [-0.1, -0.05) is 252 Å². The molecule has 0 aliphatic rings. The molecule has 0 aliphatic carbocycles. The Kier molecular flexibility index (Phi) is 57.0. The lowest BCUT2D eigenvalue weighted by Gasteiger charge is -2.26. The van der Waals surface area contributed by atoms with Crippen molar-refractivity contribution < 1.29 is 42.9 Å². The predicted molar refractivity (Wildman–Crippen MR) is 333 cm³/mol. The summed E-state index contributed by atoms with van der Waals surface area (Å²) in [6.07, 6.45) is 80.0. The molecule has 0 N–H and O–H groups in total. The van der Waals surface area contributed by atoms with Crippen LogP contribution in [0.5, 0.6) is 0 Å². The molecule has 0 rings (SSSR count). The van der Waals surface area contributed by atoms with E-state index in [0.717, 1.165) is 103 Å². The van der Waals surface area contributed by atoms with E-state index in [9.17, 15) is 19.5 Å². The van der Waals surface area contributed by atoms with E-state index in [0.29, 0.717) is 17.4 Å². The summed E-state index contributed by atoms with van der Waals surface area (Å²) in [5.41, 5.74) is 0. The van der Waals surface area contributed by atoms with E-state index in [1.807, 2.05) is 21.1 Å². The number of esters is 2. The minimum Gasteiger partial charge on any atom is -0.545 e. The summed E-state index contributed by atoms with van der Waals surface area (Å²) in [4.78, 5) is 37.4. The summed E-state index contributed by atoms with van der Waals surface area (Å²) in [7, 11) is 5.92. The van der Waals surface area contributed by atoms with Gasteiger partial charge in [0.2, 0.25) is 0 Å². The molecule has 0 aromatic heterocycles. The maximum atomic E-state index is 12.9. The molecule has 0 saturated heterocycles. The summed E-state index contributed by atoms with van der Waals surface area (Å²) in [5, 5.41) is 11.8. The number of hydrogen-bond acceptors (Lipinski definition) is 8. The number of carbonyl (C=O) groups excluding carboxylic acids is 3. The Balaban J connectivity index is 4.22. The summed E-state index contributed by atoms with van der Waals surface area (Å²) >= 11 is 0. The van der Waals surface area contributed by atoms with Crippen LogP contribution in [0.1, 0.15) is 258 Å². The molecule has 0 aliphatic heterocycles. The van der Waals surface area contributed by atoms with E-state index in [1.54, 1.807) is 0 Å². The fraction of sp³-hybridized carbons (Fsp3) is 0.700. The molecule has 0 spiro atoms. The van der Waals surface area contributed by atoms with Gasteiger partial charge >= 0.3 is 11.9 Å². The van der Waals surface area contributed by atoms with E-state index >= 15 is 0 Å². The molecule has 0 radical (unpaired) electrons. The lowest BCUT2D eigenvalue weighted by molar-refractivity contribution is -0.870. The standard InChI is InChI=1S/C70H119NO8/c1-6-8-10-12-14-16-18-20-22-24-26-28-30-31-32-33-34-35-36-37-39-41-43-45-47-49-51-53-55-57-59-61-68(73)79-66(65-78-70(69(74)75)76-63-62-71(3,4)5)64-77-67(72)60-58-56-54-52-50-48-46-44-42-40-38-29-27-25-23-21-19-17-15-13-11-9-7-2/h8,10,14,16,19-22,25-28,31-32,34-35,38,40,66,70H,6-7,9,11-13,15,17-18,23-24,29-30,33,36-37,39,41-65H2,1-5H3/b10-8-,16-14-,21-19-,22-20-,27-25-,28-26-,32-31-,35-34-,40-38-. The summed E-state index contributed by atoms with van der Waals surface area (Å²) in [6, 6.07) is 0. The Labute approximate surface area is 485 Å². The highest BCUT2D eigenvalue weighted by Crippen LogP contribution is 2.16. The number of carbonyl (C=O) groups is 3. The Hall–Kier alpha value is -4.05. The highest BCUT2D eigenvalue weighted by molar-refractivity contribution is 5.70. The van der Waals surface area contributed by atoms with E-state index < -0.39 is 24.3 Å². The van der Waals surface area contributed by atoms with Crippen molar-refractivity contribution in [3.8, 4) is 0 Å². The van der Waals surface area contributed by atoms with Crippen molar-refractivity contribution in [2.75, 3.05) is 47.5 Å². The molecule has 9 heteroatoms. The van der Waals surface area contributed by atoms with Gasteiger partial charge < -0.3 is 33.3 Å². The van der Waals surface area contributed by atoms with Crippen molar-refractivity contribution in [2.24, 2.45) is 0 Å². The van der Waals surface area contributed by atoms with Crippen LogP contribution in [0.25, 0.3) is 0 Å². The summed E-state index contributed by atoms with van der Waals surface area (Å²) in [5.74, 6) is -2.30. The second-order valence-corrected chi connectivity index (χ2v) is 22.3. The molecule has 0 heterocycles. The largest absolute Gasteiger partial charge is 0.545 e. The Bertz CT molecular complexity index is 1660. The molecule has 0 fully saturated rings. The van der Waals surface area contributed by atoms with Crippen LogP contribution < -0.4 is 5.11 Å². The topological polar surface area (TPSA) is 111 Å². The van der Waals surface area contributed by atoms with Crippen LogP contribution in [0.4, 0.5) is 0 Å². The number of aliphatic carboxylic acids is 1. The van der Waals surface area contributed by atoms with Gasteiger partial charge in [-0.3, -0.25) is 9.59 Å². The van der Waals surface area contributed by atoms with Crippen LogP contribution in [0.2, 0.25) is 0 Å². The van der Waals surface area contributed by atoms with Crippen molar-refractivity contribution in [2.45, 2.75) is 270 Å². The molecule has 452 valence electrons. The van der Waals surface area contributed by atoms with Crippen LogP contribution in [-0.2, 0) is 33.3 Å². The monoisotopic (exact) mass is 1100 g/mol. The lowest BCUT2D eigenvalue weighted by Crippen LogP contribution is -2.44. The maximum absolute atomic E-state index is 12.9. The first-order valence-corrected chi connectivity index (χ1v) is 32.0. The highest BCUT2D eigenvalue weighted by Gasteiger charge is 2.22. The van der Waals surface area contributed by atoms with Crippen LogP contribution in [-0.4, -0.2) is 82.3 Å². The van der Waals surface area contributed by atoms with Gasteiger partial charge in [0.1, 0.15) is 13.2 Å². The fourth-order valence-electron chi connectivity index (χ4n) is 8.61. The van der Waals surface area contributed by atoms with Gasteiger partial charge in [0.15, 0.2) is 12.4 Å². The van der Waals surface area contributed by atoms with E-state index in [1.165, 1.54) is 122 Å². The number of carboxylic acids is 1. The van der Waals surface area contributed by atoms with E-state index in [-0.39, 0.29) is 38.6 Å². The number of nitrogens with zero attached hydrogens (tertiary/aromatic N) is 1. The van der Waals surface area contributed by atoms with Gasteiger partial charge in [-0.2, -0.15) is 0 Å². The van der Waals surface area contributed by atoms with Gasteiger partial charge in [-0.15, -0.1) is 0 Å². The third-order valence-electron chi connectivity index (χ3n) is 13.5. The first-order chi connectivity index (χ1) is 38.6. The zero-order valence-corrected chi connectivity index (χ0v) is 51.5. The number of allylic oxidation sites excluding steroid dienone is 18. The first kappa shape index (κ1) is 75.0. The summed E-state index contributed by atoms with van der Waals surface area (Å²) < 4.78 is 22.7. The molecule has 2 unspecified atom stereocenters. The second-order valence-electron chi connectivity index (χ2n) is 22.3. The number of likely N-dealkylation sites (N-methyl/N-ethyl adjacent to an activating group) is 1. The Morgan fingerprint density at radius 3 is 1.08 bits per heavy atom. The lowest BCUT2D eigenvalue weighted by atomic mass is 10.0. The molecule has 79 heavy (non-hydrogen) atoms. The van der Waals surface area contributed by atoms with Gasteiger partial charge in [0.05, 0.1) is 40.3 Å². The first-order valence-electron chi connectivity index (χ1n) is 32.0. The number of ether oxygens (including phenoxy) is 4. The molecular weight excluding hydrogens is 983 g/mol. The Morgan fingerprint density at radius 1 is 0.392 bits per heavy atom. The smallest absolute Gasteiger partial charge is 0.306 e. The van der Waals surface area contributed by atoms with Crippen molar-refractivity contribution in [1.82, 2.24) is 0 Å². The third kappa shape index (κ3) is 61.4. The minimum atomic E-state index is -1.63. The average Bonchev–Trinajstić information content (AvgIpc) is 3.42. The molecule has 0 aromatic rings. The Morgan fingerprint density at radius 2 is 0.722 bits per heavy atom. The van der Waals surface area contributed by atoms with Crippen molar-refractivity contribution in [3.05, 3.63) is 109 Å². The summed E-state index contributed by atoms with van der Waals surface area (Å²) in [6.45, 7) is 4.62. The molecule has 0 amide bonds. The molecular formula is C70H119NO8. The highest BCUT2D eigenvalue weighted by atomic mass is 16.7. The van der Waals surface area contributed by atoms with Gasteiger partial charge in [-0.05, 0) is 103 Å². The number of quaternary nitrogens is 1. The number of rotatable bonds is 58. The normalized spacial score (nSPS) is 13.5. The van der Waals surface area contributed by atoms with E-state index in [2.05, 4.69) is 123 Å². The number of hydrogen-bond donors (Lipinski definition) is 0. The van der Waals surface area contributed by atoms with Gasteiger partial charge in [0.25, 0.3) is 0 Å². The van der Waals surface area contributed by atoms with Gasteiger partial charge in [0, 0.05) is 12.8 Å². The quantitative estimate of drug-likeness (QED) is 0.0195. The van der Waals surface area contributed by atoms with Gasteiger partial charge in [-0.25, -0.2) is 0 Å². The zero-order valence-electron chi connectivity index (χ0n) is 51.5. The second kappa shape index (κ2) is 60.1. The molecule has 0 bridgehead atoms. The van der Waals surface area contributed by atoms with Crippen LogP contribution in [0.15, 0.2) is 109 Å². The van der Waals surface area contributed by atoms with Crippen LogP contribution in [0, 0.1) is 0 Å². The zero-order chi connectivity index (χ0) is 57.6. The predicted octanol–water partition coefficient (Wildman–Crippen LogP) is 18.1. The van der Waals surface area contributed by atoms with Crippen molar-refractivity contribution >= 4 is 17.9 Å². The molecule has 9 nitrogen and oxygen atoms in total. The third-order valence-corrected chi connectivity index (χ3v) is 13.5. The van der Waals surface area contributed by atoms with Crippen LogP contribution in [0.3, 0.4) is 0 Å². The van der Waals surface area contributed by atoms with Crippen molar-refractivity contribution in [1.29, 1.82) is 0 Å². The van der Waals surface area contributed by atoms with E-state index in [4.69, 9.17) is 18.9 Å². The molecule has 0 aromatic carbocycles. The fourth-order valence-corrected chi connectivity index (χ4v) is 8.61.